The van der Waals surface area contributed by atoms with Crippen molar-refractivity contribution in [1.82, 2.24) is 0 Å². The Hall–Kier alpha value is -1.58. The van der Waals surface area contributed by atoms with Crippen LogP contribution in [0.4, 0.5) is 0 Å². The molecule has 0 unspecified atom stereocenters. The van der Waals surface area contributed by atoms with Crippen LogP contribution in [0.3, 0.4) is 0 Å². The average molecular weight is 338 g/mol. The smallest absolute Gasteiger partial charge is 0.330 e. The van der Waals surface area contributed by atoms with Crippen LogP contribution in [0.25, 0.3) is 0 Å². The highest BCUT2D eigenvalue weighted by Crippen LogP contribution is 2.25. The van der Waals surface area contributed by atoms with Gasteiger partial charge in [-0.25, -0.2) is 9.59 Å². The van der Waals surface area contributed by atoms with Gasteiger partial charge in [0.25, 0.3) is 0 Å². The first-order valence-electron chi connectivity index (χ1n) is 9.20. The molecule has 1 fully saturated rings. The van der Waals surface area contributed by atoms with Gasteiger partial charge >= 0.3 is 11.9 Å². The van der Waals surface area contributed by atoms with Crippen LogP contribution in [0.2, 0.25) is 0 Å². The third kappa shape index (κ3) is 11.9. The van der Waals surface area contributed by atoms with Gasteiger partial charge in [0, 0.05) is 11.1 Å². The summed E-state index contributed by atoms with van der Waals surface area (Å²) in [6, 6.07) is 0. The molecule has 4 nitrogen and oxygen atoms in total. The number of rotatable bonds is 8. The van der Waals surface area contributed by atoms with Gasteiger partial charge in [-0.3, -0.25) is 0 Å². The van der Waals surface area contributed by atoms with E-state index in [9.17, 15) is 9.59 Å². The first-order chi connectivity index (χ1) is 11.4. The zero-order chi connectivity index (χ0) is 18.4. The largest absolute Gasteiger partial charge is 0.478 e. The van der Waals surface area contributed by atoms with Crippen LogP contribution >= 0.6 is 0 Å². The molecule has 0 atom stereocenters. The number of aliphatic carboxylic acids is 2. The van der Waals surface area contributed by atoms with Crippen molar-refractivity contribution >= 4 is 11.9 Å². The van der Waals surface area contributed by atoms with Gasteiger partial charge in [-0.1, -0.05) is 57.6 Å². The van der Waals surface area contributed by atoms with Gasteiger partial charge in [0.15, 0.2) is 0 Å². The van der Waals surface area contributed by atoms with E-state index in [0.717, 1.165) is 12.8 Å². The maximum Gasteiger partial charge on any atom is 0.330 e. The minimum Gasteiger partial charge on any atom is -0.478 e. The standard InChI is InChI=1S/C10H16O2.C10H18O2/c1-8(10(11)12)7-9-5-3-2-4-6-9;1-3-4-5-6-7-8-9(2)10(11)12/h7,9H,2-6H2,1H3,(H,11,12);8H,3-7H2,1-2H3,(H,11,12)/b8-7+;9-8+. The number of hydrogen-bond acceptors (Lipinski definition) is 2. The van der Waals surface area contributed by atoms with E-state index in [1.807, 2.05) is 6.08 Å². The van der Waals surface area contributed by atoms with E-state index in [1.54, 1.807) is 19.9 Å². The third-order valence-electron chi connectivity index (χ3n) is 4.32. The summed E-state index contributed by atoms with van der Waals surface area (Å²) in [5.74, 6) is -1.05. The van der Waals surface area contributed by atoms with Crippen molar-refractivity contribution in [3.63, 3.8) is 0 Å². The highest BCUT2D eigenvalue weighted by Gasteiger charge is 2.12. The molecule has 138 valence electrons. The highest BCUT2D eigenvalue weighted by molar-refractivity contribution is 5.86. The van der Waals surface area contributed by atoms with Crippen LogP contribution in [0.15, 0.2) is 23.3 Å². The van der Waals surface area contributed by atoms with Crippen molar-refractivity contribution in [1.29, 1.82) is 0 Å². The molecular weight excluding hydrogens is 304 g/mol. The number of unbranched alkanes of at least 4 members (excludes halogenated alkanes) is 4. The molecule has 0 heterocycles. The zero-order valence-electron chi connectivity index (χ0n) is 15.5. The first-order valence-corrected chi connectivity index (χ1v) is 9.20. The van der Waals surface area contributed by atoms with E-state index in [0.29, 0.717) is 17.1 Å². The monoisotopic (exact) mass is 338 g/mol. The fraction of sp³-hybridized carbons (Fsp3) is 0.700. The number of carbonyl (C=O) groups is 2. The molecule has 1 aliphatic carbocycles. The van der Waals surface area contributed by atoms with Gasteiger partial charge in [0.05, 0.1) is 0 Å². The Labute approximate surface area is 146 Å². The summed E-state index contributed by atoms with van der Waals surface area (Å²) in [5.41, 5.74) is 0.966. The summed E-state index contributed by atoms with van der Waals surface area (Å²) in [7, 11) is 0. The molecule has 0 aromatic heterocycles. The highest BCUT2D eigenvalue weighted by atomic mass is 16.4. The Morgan fingerprint density at radius 3 is 2.00 bits per heavy atom. The molecule has 2 N–H and O–H groups in total. The Morgan fingerprint density at radius 1 is 0.917 bits per heavy atom. The van der Waals surface area contributed by atoms with Crippen LogP contribution in [0.5, 0.6) is 0 Å². The lowest BCUT2D eigenvalue weighted by atomic mass is 9.88. The molecule has 0 aliphatic heterocycles. The van der Waals surface area contributed by atoms with Gasteiger partial charge in [-0.2, -0.15) is 0 Å². The van der Waals surface area contributed by atoms with Gasteiger partial charge in [0.1, 0.15) is 0 Å². The lowest BCUT2D eigenvalue weighted by Gasteiger charge is -2.18. The van der Waals surface area contributed by atoms with E-state index in [1.165, 1.54) is 51.4 Å². The molecule has 0 bridgehead atoms. The van der Waals surface area contributed by atoms with Gasteiger partial charge in [-0.15, -0.1) is 0 Å². The zero-order valence-corrected chi connectivity index (χ0v) is 15.5. The van der Waals surface area contributed by atoms with Crippen LogP contribution in [0.1, 0.15) is 85.0 Å². The van der Waals surface area contributed by atoms with Crippen molar-refractivity contribution < 1.29 is 19.8 Å². The quantitative estimate of drug-likeness (QED) is 0.447. The second-order valence-electron chi connectivity index (χ2n) is 6.59. The number of carboxylic acids is 2. The van der Waals surface area contributed by atoms with Crippen LogP contribution in [-0.2, 0) is 9.59 Å². The van der Waals surface area contributed by atoms with Crippen LogP contribution < -0.4 is 0 Å². The van der Waals surface area contributed by atoms with E-state index in [-0.39, 0.29) is 0 Å². The maximum atomic E-state index is 10.5. The molecule has 0 amide bonds. The molecule has 1 saturated carbocycles. The normalized spacial score (nSPS) is 16.3. The first kappa shape index (κ1) is 22.4. The molecule has 1 rings (SSSR count). The topological polar surface area (TPSA) is 74.6 Å². The van der Waals surface area contributed by atoms with Crippen molar-refractivity contribution in [2.45, 2.75) is 85.0 Å². The molecule has 0 saturated heterocycles. The molecule has 1 aliphatic rings. The fourth-order valence-electron chi connectivity index (χ4n) is 2.70. The summed E-state index contributed by atoms with van der Waals surface area (Å²) in [6.45, 7) is 5.48. The Morgan fingerprint density at radius 2 is 1.50 bits per heavy atom. The van der Waals surface area contributed by atoms with Crippen LogP contribution in [0, 0.1) is 5.92 Å². The lowest BCUT2D eigenvalue weighted by Crippen LogP contribution is -2.06. The maximum absolute atomic E-state index is 10.5. The molecule has 24 heavy (non-hydrogen) atoms. The minimum absolute atomic E-state index is 0.464. The predicted molar refractivity (Wildman–Crippen MR) is 98.1 cm³/mol. The van der Waals surface area contributed by atoms with Crippen molar-refractivity contribution in [2.75, 3.05) is 0 Å². The Kier molecular flexibility index (Phi) is 12.9. The van der Waals surface area contributed by atoms with Crippen molar-refractivity contribution in [3.8, 4) is 0 Å². The number of allylic oxidation sites excluding steroid dienone is 2. The van der Waals surface area contributed by atoms with E-state index in [4.69, 9.17) is 10.2 Å². The Balaban J connectivity index is 0.000000441. The SMILES string of the molecule is C/C(=C\C1CCCCC1)C(=O)O.CCCCCC/C=C(\C)C(=O)O. The summed E-state index contributed by atoms with van der Waals surface area (Å²) in [5, 5.41) is 17.2. The van der Waals surface area contributed by atoms with Gasteiger partial charge < -0.3 is 10.2 Å². The molecule has 0 radical (unpaired) electrons. The molecule has 4 heteroatoms. The summed E-state index contributed by atoms with van der Waals surface area (Å²) >= 11 is 0. The van der Waals surface area contributed by atoms with Gasteiger partial charge in [-0.05, 0) is 45.4 Å². The van der Waals surface area contributed by atoms with Crippen molar-refractivity contribution in [3.05, 3.63) is 23.3 Å². The van der Waals surface area contributed by atoms with Crippen molar-refractivity contribution in [2.24, 2.45) is 5.92 Å². The van der Waals surface area contributed by atoms with Crippen LogP contribution in [-0.4, -0.2) is 22.2 Å². The molecule has 0 aromatic carbocycles. The fourth-order valence-corrected chi connectivity index (χ4v) is 2.70. The Bertz CT molecular complexity index is 429. The average Bonchev–Trinajstić information content (AvgIpc) is 2.55. The minimum atomic E-state index is -0.800. The van der Waals surface area contributed by atoms with E-state index >= 15 is 0 Å². The molecule has 0 spiro atoms. The third-order valence-corrected chi connectivity index (χ3v) is 4.32. The molecular formula is C20H34O4. The van der Waals surface area contributed by atoms with Gasteiger partial charge in [0.2, 0.25) is 0 Å². The summed E-state index contributed by atoms with van der Waals surface area (Å²) in [4.78, 5) is 20.9. The number of carboxylic acid groups (broad SMARTS) is 2. The van der Waals surface area contributed by atoms with E-state index in [2.05, 4.69) is 6.92 Å². The second kappa shape index (κ2) is 13.8. The summed E-state index contributed by atoms with van der Waals surface area (Å²) in [6.07, 6.45) is 15.6. The predicted octanol–water partition coefficient (Wildman–Crippen LogP) is 5.59. The second-order valence-corrected chi connectivity index (χ2v) is 6.59. The molecule has 0 aromatic rings. The number of hydrogen-bond donors (Lipinski definition) is 2. The lowest BCUT2D eigenvalue weighted by molar-refractivity contribution is -0.133. The van der Waals surface area contributed by atoms with E-state index < -0.39 is 11.9 Å². The summed E-state index contributed by atoms with van der Waals surface area (Å²) < 4.78 is 0.